The average molecular weight is 157 g/mol. The van der Waals surface area contributed by atoms with E-state index in [1.807, 2.05) is 0 Å². The zero-order chi connectivity index (χ0) is 8.43. The highest BCUT2D eigenvalue weighted by Gasteiger charge is 2.22. The van der Waals surface area contributed by atoms with Gasteiger partial charge in [-0.25, -0.2) is 5.84 Å². The monoisotopic (exact) mass is 157 g/mol. The molecule has 11 heavy (non-hydrogen) atoms. The number of nitrogens with zero attached hydrogens (tertiary/aromatic N) is 1. The van der Waals surface area contributed by atoms with Crippen molar-refractivity contribution in [2.24, 2.45) is 11.8 Å². The van der Waals surface area contributed by atoms with E-state index in [9.17, 15) is 4.79 Å². The topological polar surface area (TPSA) is 78.6 Å². The summed E-state index contributed by atoms with van der Waals surface area (Å²) in [5.74, 6) is 4.05. The molecule has 0 saturated carbocycles. The van der Waals surface area contributed by atoms with Gasteiger partial charge in [0.25, 0.3) is 0 Å². The van der Waals surface area contributed by atoms with Gasteiger partial charge in [-0.2, -0.15) is 0 Å². The number of rotatable bonds is 2. The highest BCUT2D eigenvalue weighted by molar-refractivity contribution is 5.72. The van der Waals surface area contributed by atoms with Gasteiger partial charge >= 0.3 is 5.97 Å². The molecular weight excluding hydrogens is 146 g/mol. The van der Waals surface area contributed by atoms with E-state index in [2.05, 4.69) is 5.32 Å². The van der Waals surface area contributed by atoms with Crippen LogP contribution in [0.2, 0.25) is 0 Å². The third kappa shape index (κ3) is 1.43. The Labute approximate surface area is 64.4 Å². The Morgan fingerprint density at radius 2 is 2.64 bits per heavy atom. The minimum Gasteiger partial charge on any atom is -0.481 e. The summed E-state index contributed by atoms with van der Waals surface area (Å²) in [6.45, 7) is 2.08. The van der Waals surface area contributed by atoms with Gasteiger partial charge in [-0.1, -0.05) is 0 Å². The molecule has 1 atom stereocenters. The van der Waals surface area contributed by atoms with E-state index in [0.717, 1.165) is 0 Å². The number of nitrogens with two attached hydrogens (primary N) is 1. The van der Waals surface area contributed by atoms with Gasteiger partial charge < -0.3 is 10.4 Å². The first kappa shape index (κ1) is 7.87. The number of hydrogen-bond acceptors (Lipinski definition) is 4. The Hall–Kier alpha value is -1.23. The zero-order valence-corrected chi connectivity index (χ0v) is 6.24. The van der Waals surface area contributed by atoms with Crippen molar-refractivity contribution < 1.29 is 9.90 Å². The van der Waals surface area contributed by atoms with Crippen molar-refractivity contribution >= 4 is 5.97 Å². The molecule has 0 spiro atoms. The molecule has 1 heterocycles. The van der Waals surface area contributed by atoms with Crippen LogP contribution >= 0.6 is 0 Å². The maximum absolute atomic E-state index is 10.5. The van der Waals surface area contributed by atoms with E-state index in [4.69, 9.17) is 10.9 Å². The Kier molecular flexibility index (Phi) is 2.00. The average Bonchev–Trinajstić information content (AvgIpc) is 2.33. The number of carbonyl (C=O) groups is 1. The number of nitrogens with one attached hydrogen (secondary N) is 1. The van der Waals surface area contributed by atoms with Gasteiger partial charge in [0, 0.05) is 6.20 Å². The highest BCUT2D eigenvalue weighted by Crippen LogP contribution is 2.14. The van der Waals surface area contributed by atoms with Gasteiger partial charge in [0.1, 0.15) is 6.67 Å². The largest absolute Gasteiger partial charge is 0.481 e. The second-order valence-corrected chi connectivity index (χ2v) is 2.46. The van der Waals surface area contributed by atoms with Crippen molar-refractivity contribution in [1.29, 1.82) is 0 Å². The van der Waals surface area contributed by atoms with E-state index in [1.165, 1.54) is 5.01 Å². The van der Waals surface area contributed by atoms with Gasteiger partial charge in [-0.3, -0.25) is 9.80 Å². The SMILES string of the molecule is CC(C(=O)O)C1=CNCN1N. The maximum atomic E-state index is 10.5. The van der Waals surface area contributed by atoms with Gasteiger partial charge in [-0.05, 0) is 6.92 Å². The van der Waals surface area contributed by atoms with Crippen LogP contribution in [0.15, 0.2) is 11.9 Å². The van der Waals surface area contributed by atoms with E-state index >= 15 is 0 Å². The van der Waals surface area contributed by atoms with Crippen molar-refractivity contribution in [2.75, 3.05) is 6.67 Å². The van der Waals surface area contributed by atoms with E-state index < -0.39 is 11.9 Å². The van der Waals surface area contributed by atoms with Crippen LogP contribution in [0.5, 0.6) is 0 Å². The third-order valence-corrected chi connectivity index (χ3v) is 1.66. The molecule has 0 aromatic heterocycles. The summed E-state index contributed by atoms with van der Waals surface area (Å²) in [5.41, 5.74) is 0.609. The Balaban J connectivity index is 2.66. The summed E-state index contributed by atoms with van der Waals surface area (Å²) in [4.78, 5) is 10.5. The molecule has 0 radical (unpaired) electrons. The second-order valence-electron chi connectivity index (χ2n) is 2.46. The van der Waals surface area contributed by atoms with Crippen molar-refractivity contribution in [1.82, 2.24) is 10.3 Å². The van der Waals surface area contributed by atoms with Crippen LogP contribution in [0.3, 0.4) is 0 Å². The number of hydrogen-bond donors (Lipinski definition) is 3. The Morgan fingerprint density at radius 3 is 3.00 bits per heavy atom. The molecule has 0 aliphatic carbocycles. The summed E-state index contributed by atoms with van der Waals surface area (Å²) in [5, 5.41) is 12.8. The molecule has 5 heteroatoms. The lowest BCUT2D eigenvalue weighted by Gasteiger charge is -2.16. The Bertz CT molecular complexity index is 202. The van der Waals surface area contributed by atoms with Gasteiger partial charge in [0.05, 0.1) is 11.6 Å². The molecule has 1 aliphatic rings. The van der Waals surface area contributed by atoms with Gasteiger partial charge in [0.15, 0.2) is 0 Å². The zero-order valence-electron chi connectivity index (χ0n) is 6.24. The van der Waals surface area contributed by atoms with Crippen LogP contribution in [-0.2, 0) is 4.79 Å². The molecule has 1 aliphatic heterocycles. The van der Waals surface area contributed by atoms with Crippen LogP contribution < -0.4 is 11.2 Å². The first-order valence-electron chi connectivity index (χ1n) is 3.31. The second kappa shape index (κ2) is 2.79. The first-order valence-corrected chi connectivity index (χ1v) is 3.31. The number of hydrazine groups is 1. The normalized spacial score (nSPS) is 19.1. The van der Waals surface area contributed by atoms with Crippen LogP contribution in [0.25, 0.3) is 0 Å². The lowest BCUT2D eigenvalue weighted by molar-refractivity contribution is -0.140. The first-order chi connectivity index (χ1) is 5.13. The molecule has 0 bridgehead atoms. The van der Waals surface area contributed by atoms with Crippen LogP contribution in [-0.4, -0.2) is 22.8 Å². The number of aliphatic carboxylic acids is 1. The van der Waals surface area contributed by atoms with Crippen molar-refractivity contribution in [2.45, 2.75) is 6.92 Å². The maximum Gasteiger partial charge on any atom is 0.312 e. The van der Waals surface area contributed by atoms with Crippen molar-refractivity contribution in [3.63, 3.8) is 0 Å². The fourth-order valence-corrected chi connectivity index (χ4v) is 0.923. The fourth-order valence-electron chi connectivity index (χ4n) is 0.923. The van der Waals surface area contributed by atoms with E-state index in [1.54, 1.807) is 13.1 Å². The summed E-state index contributed by atoms with van der Waals surface area (Å²) in [6.07, 6.45) is 1.62. The predicted octanol–water partition coefficient (Wildman–Crippen LogP) is -0.715. The summed E-state index contributed by atoms with van der Waals surface area (Å²) >= 11 is 0. The molecule has 1 rings (SSSR count). The number of carboxylic acids is 1. The standard InChI is InChI=1S/C6H11N3O2/c1-4(6(10)11)5-2-8-3-9(5)7/h2,4,8H,3,7H2,1H3,(H,10,11). The molecule has 5 nitrogen and oxygen atoms in total. The van der Waals surface area contributed by atoms with Gasteiger partial charge in [-0.15, -0.1) is 0 Å². The smallest absolute Gasteiger partial charge is 0.312 e. The quantitative estimate of drug-likeness (QED) is 0.461. The van der Waals surface area contributed by atoms with Gasteiger partial charge in [0.2, 0.25) is 0 Å². The van der Waals surface area contributed by atoms with Crippen molar-refractivity contribution in [3.8, 4) is 0 Å². The molecule has 4 N–H and O–H groups in total. The highest BCUT2D eigenvalue weighted by atomic mass is 16.4. The molecule has 0 fully saturated rings. The lowest BCUT2D eigenvalue weighted by Crippen LogP contribution is -2.34. The third-order valence-electron chi connectivity index (χ3n) is 1.66. The molecular formula is C6H11N3O2. The fraction of sp³-hybridized carbons (Fsp3) is 0.500. The lowest BCUT2D eigenvalue weighted by atomic mass is 10.1. The number of carboxylic acid groups (broad SMARTS) is 1. The van der Waals surface area contributed by atoms with E-state index in [-0.39, 0.29) is 0 Å². The van der Waals surface area contributed by atoms with Crippen LogP contribution in [0.1, 0.15) is 6.92 Å². The predicted molar refractivity (Wildman–Crippen MR) is 38.9 cm³/mol. The molecule has 62 valence electrons. The van der Waals surface area contributed by atoms with E-state index in [0.29, 0.717) is 12.4 Å². The minimum absolute atomic E-state index is 0.479. The summed E-state index contributed by atoms with van der Waals surface area (Å²) < 4.78 is 0. The van der Waals surface area contributed by atoms with Crippen LogP contribution in [0.4, 0.5) is 0 Å². The summed E-state index contributed by atoms with van der Waals surface area (Å²) in [6, 6.07) is 0. The minimum atomic E-state index is -0.865. The Morgan fingerprint density at radius 1 is 2.00 bits per heavy atom. The summed E-state index contributed by atoms with van der Waals surface area (Å²) in [7, 11) is 0. The van der Waals surface area contributed by atoms with Crippen LogP contribution in [0, 0.1) is 5.92 Å². The van der Waals surface area contributed by atoms with Crippen molar-refractivity contribution in [3.05, 3.63) is 11.9 Å². The molecule has 1 unspecified atom stereocenters. The molecule has 0 aromatic carbocycles. The molecule has 0 amide bonds. The molecule has 0 aromatic rings. The molecule has 0 saturated heterocycles.